The van der Waals surface area contributed by atoms with Crippen LogP contribution in [0.4, 0.5) is 10.8 Å². The van der Waals surface area contributed by atoms with E-state index in [0.29, 0.717) is 11.5 Å². The summed E-state index contributed by atoms with van der Waals surface area (Å²) in [6, 6.07) is 7.79. The van der Waals surface area contributed by atoms with Gasteiger partial charge in [-0.2, -0.15) is 4.37 Å². The van der Waals surface area contributed by atoms with Crippen LogP contribution in [-0.4, -0.2) is 26.1 Å². The van der Waals surface area contributed by atoms with Crippen molar-refractivity contribution in [3.8, 4) is 0 Å². The standard InChI is InChI=1S/C12H14BrN3O2S2/c1-16(7-8-5-3-4-6-9(8)13)12-10(20(2,17)18)11(14)15-19-12/h3-6H,7H2,1-2H3,(H2,14,15). The number of halogens is 1. The minimum atomic E-state index is -3.40. The summed E-state index contributed by atoms with van der Waals surface area (Å²) in [5.41, 5.74) is 6.73. The lowest BCUT2D eigenvalue weighted by atomic mass is 10.2. The monoisotopic (exact) mass is 375 g/mol. The highest BCUT2D eigenvalue weighted by Crippen LogP contribution is 2.35. The van der Waals surface area contributed by atoms with Crippen molar-refractivity contribution >= 4 is 48.1 Å². The molecule has 0 unspecified atom stereocenters. The van der Waals surface area contributed by atoms with Crippen LogP contribution in [0.1, 0.15) is 5.56 Å². The molecule has 0 aliphatic rings. The van der Waals surface area contributed by atoms with E-state index in [2.05, 4.69) is 20.3 Å². The van der Waals surface area contributed by atoms with Gasteiger partial charge in [-0.15, -0.1) is 0 Å². The first-order chi connectivity index (χ1) is 9.30. The predicted octanol–water partition coefficient (Wildman–Crippen LogP) is 2.53. The molecule has 20 heavy (non-hydrogen) atoms. The number of nitrogens with two attached hydrogens (primary N) is 1. The number of nitrogens with zero attached hydrogens (tertiary/aromatic N) is 2. The average Bonchev–Trinajstić information content (AvgIpc) is 2.74. The summed E-state index contributed by atoms with van der Waals surface area (Å²) < 4.78 is 28.6. The summed E-state index contributed by atoms with van der Waals surface area (Å²) >= 11 is 4.57. The third kappa shape index (κ3) is 3.13. The molecular formula is C12H14BrN3O2S2. The van der Waals surface area contributed by atoms with E-state index in [1.165, 1.54) is 0 Å². The normalized spacial score (nSPS) is 11.6. The molecule has 2 rings (SSSR count). The smallest absolute Gasteiger partial charge is 0.182 e. The molecular weight excluding hydrogens is 362 g/mol. The molecule has 0 amide bonds. The molecule has 0 radical (unpaired) electrons. The Kier molecular flexibility index (Phi) is 4.36. The molecule has 0 saturated heterocycles. The van der Waals surface area contributed by atoms with Crippen molar-refractivity contribution in [3.05, 3.63) is 34.3 Å². The van der Waals surface area contributed by atoms with Crippen LogP contribution in [0.15, 0.2) is 33.6 Å². The molecule has 8 heteroatoms. The van der Waals surface area contributed by atoms with Gasteiger partial charge in [-0.25, -0.2) is 8.42 Å². The van der Waals surface area contributed by atoms with Crippen molar-refractivity contribution in [3.63, 3.8) is 0 Å². The first kappa shape index (κ1) is 15.3. The van der Waals surface area contributed by atoms with Gasteiger partial charge in [0.25, 0.3) is 0 Å². The Morgan fingerprint density at radius 3 is 2.65 bits per heavy atom. The van der Waals surface area contributed by atoms with Gasteiger partial charge in [0.05, 0.1) is 0 Å². The minimum Gasteiger partial charge on any atom is -0.382 e. The highest BCUT2D eigenvalue weighted by molar-refractivity contribution is 9.10. The zero-order valence-electron chi connectivity index (χ0n) is 11.0. The van der Waals surface area contributed by atoms with E-state index in [4.69, 9.17) is 5.73 Å². The maximum atomic E-state index is 11.8. The summed E-state index contributed by atoms with van der Waals surface area (Å²) in [5.74, 6) is 0.0616. The number of sulfone groups is 1. The Morgan fingerprint density at radius 1 is 1.40 bits per heavy atom. The van der Waals surface area contributed by atoms with E-state index in [0.717, 1.165) is 27.8 Å². The highest BCUT2D eigenvalue weighted by Gasteiger charge is 2.24. The second-order valence-corrected chi connectivity index (χ2v) is 7.98. The van der Waals surface area contributed by atoms with Gasteiger partial charge >= 0.3 is 0 Å². The lowest BCUT2D eigenvalue weighted by molar-refractivity contribution is 0.602. The van der Waals surface area contributed by atoms with Crippen LogP contribution in [0.5, 0.6) is 0 Å². The quantitative estimate of drug-likeness (QED) is 0.888. The van der Waals surface area contributed by atoms with E-state index in [1.807, 2.05) is 36.2 Å². The highest BCUT2D eigenvalue weighted by atomic mass is 79.9. The molecule has 0 saturated carbocycles. The second kappa shape index (κ2) is 5.71. The number of aromatic nitrogens is 1. The van der Waals surface area contributed by atoms with Gasteiger partial charge in [-0.3, -0.25) is 0 Å². The Balaban J connectivity index is 2.36. The SMILES string of the molecule is CN(Cc1ccccc1Br)c1snc(N)c1S(C)(=O)=O. The van der Waals surface area contributed by atoms with Crippen molar-refractivity contribution in [1.29, 1.82) is 0 Å². The fourth-order valence-electron chi connectivity index (χ4n) is 1.83. The molecule has 1 heterocycles. The van der Waals surface area contributed by atoms with Crippen LogP contribution in [0.25, 0.3) is 0 Å². The fourth-order valence-corrected chi connectivity index (χ4v) is 4.43. The topological polar surface area (TPSA) is 76.3 Å². The van der Waals surface area contributed by atoms with Crippen molar-refractivity contribution in [2.45, 2.75) is 11.4 Å². The van der Waals surface area contributed by atoms with Gasteiger partial charge in [0.2, 0.25) is 0 Å². The molecule has 0 aliphatic carbocycles. The minimum absolute atomic E-state index is 0.0616. The van der Waals surface area contributed by atoms with Gasteiger partial charge in [0.15, 0.2) is 15.7 Å². The number of benzene rings is 1. The average molecular weight is 376 g/mol. The van der Waals surface area contributed by atoms with E-state index in [-0.39, 0.29) is 10.7 Å². The molecule has 108 valence electrons. The molecule has 2 N–H and O–H groups in total. The van der Waals surface area contributed by atoms with E-state index in [9.17, 15) is 8.42 Å². The summed E-state index contributed by atoms with van der Waals surface area (Å²) in [5, 5.41) is 0.556. The zero-order valence-corrected chi connectivity index (χ0v) is 14.2. The van der Waals surface area contributed by atoms with E-state index in [1.54, 1.807) is 0 Å². The summed E-state index contributed by atoms with van der Waals surface area (Å²) in [6.45, 7) is 0.561. The molecule has 0 bridgehead atoms. The Hall–Kier alpha value is -1.12. The van der Waals surface area contributed by atoms with Gasteiger partial charge in [-0.05, 0) is 23.2 Å². The van der Waals surface area contributed by atoms with Gasteiger partial charge in [0.1, 0.15) is 9.90 Å². The molecule has 1 aromatic carbocycles. The van der Waals surface area contributed by atoms with E-state index >= 15 is 0 Å². The molecule has 0 fully saturated rings. The van der Waals surface area contributed by atoms with Crippen molar-refractivity contribution in [2.24, 2.45) is 0 Å². The van der Waals surface area contributed by atoms with Crippen molar-refractivity contribution in [1.82, 2.24) is 4.37 Å². The maximum absolute atomic E-state index is 11.8. The number of hydrogen-bond acceptors (Lipinski definition) is 6. The number of nitrogen functional groups attached to an aromatic ring is 1. The van der Waals surface area contributed by atoms with E-state index < -0.39 is 9.84 Å². The molecule has 0 spiro atoms. The molecule has 5 nitrogen and oxygen atoms in total. The van der Waals surface area contributed by atoms with Crippen LogP contribution in [0.2, 0.25) is 0 Å². The number of anilines is 2. The molecule has 2 aromatic rings. The van der Waals surface area contributed by atoms with Crippen molar-refractivity contribution in [2.75, 3.05) is 23.9 Å². The van der Waals surface area contributed by atoms with Crippen LogP contribution < -0.4 is 10.6 Å². The Bertz CT molecular complexity index is 728. The number of rotatable bonds is 4. The largest absolute Gasteiger partial charge is 0.382 e. The predicted molar refractivity (Wildman–Crippen MR) is 85.9 cm³/mol. The van der Waals surface area contributed by atoms with Crippen LogP contribution in [-0.2, 0) is 16.4 Å². The Morgan fingerprint density at radius 2 is 2.05 bits per heavy atom. The van der Waals surface area contributed by atoms with Crippen molar-refractivity contribution < 1.29 is 8.42 Å². The third-order valence-corrected chi connectivity index (χ3v) is 5.76. The van der Waals surface area contributed by atoms with Gasteiger partial charge in [-0.1, -0.05) is 34.1 Å². The van der Waals surface area contributed by atoms with Crippen LogP contribution in [0, 0.1) is 0 Å². The lowest BCUT2D eigenvalue weighted by Gasteiger charge is -2.19. The number of hydrogen-bond donors (Lipinski definition) is 1. The second-order valence-electron chi connectivity index (χ2n) is 4.42. The maximum Gasteiger partial charge on any atom is 0.182 e. The zero-order chi connectivity index (χ0) is 14.9. The van der Waals surface area contributed by atoms with Gasteiger partial charge in [0, 0.05) is 24.3 Å². The summed E-state index contributed by atoms with van der Waals surface area (Å²) in [4.78, 5) is 1.95. The first-order valence-electron chi connectivity index (χ1n) is 5.70. The lowest BCUT2D eigenvalue weighted by Crippen LogP contribution is -2.18. The summed E-state index contributed by atoms with van der Waals surface area (Å²) in [7, 11) is -1.58. The third-order valence-electron chi connectivity index (χ3n) is 2.74. The molecule has 0 atom stereocenters. The van der Waals surface area contributed by atoms with Gasteiger partial charge < -0.3 is 10.6 Å². The molecule has 1 aromatic heterocycles. The van der Waals surface area contributed by atoms with Crippen LogP contribution in [0.3, 0.4) is 0 Å². The fraction of sp³-hybridized carbons (Fsp3) is 0.250. The Labute approximate surface area is 130 Å². The summed E-state index contributed by atoms with van der Waals surface area (Å²) in [6.07, 6.45) is 1.14. The van der Waals surface area contributed by atoms with Crippen LogP contribution >= 0.6 is 27.5 Å². The first-order valence-corrected chi connectivity index (χ1v) is 9.16. The molecule has 0 aliphatic heterocycles.